The topological polar surface area (TPSA) is 49.4 Å². The van der Waals surface area contributed by atoms with Gasteiger partial charge in [0, 0.05) is 11.0 Å². The summed E-state index contributed by atoms with van der Waals surface area (Å²) < 4.78 is 0.959. The largest absolute Gasteiger partial charge is 0.340 e. The summed E-state index contributed by atoms with van der Waals surface area (Å²) in [4.78, 5) is 26.5. The summed E-state index contributed by atoms with van der Waals surface area (Å²) in [5.74, 6) is -0.195. The molecule has 1 aliphatic heterocycles. The second-order valence-electron chi connectivity index (χ2n) is 6.16. The van der Waals surface area contributed by atoms with Crippen molar-refractivity contribution < 1.29 is 9.59 Å². The first-order valence-electron chi connectivity index (χ1n) is 6.54. The highest BCUT2D eigenvalue weighted by molar-refractivity contribution is 9.10. The van der Waals surface area contributed by atoms with Crippen molar-refractivity contribution in [2.75, 3.05) is 0 Å². The van der Waals surface area contributed by atoms with Crippen molar-refractivity contribution in [2.45, 2.75) is 45.3 Å². The summed E-state index contributed by atoms with van der Waals surface area (Å²) in [5, 5.41) is 2.78. The lowest BCUT2D eigenvalue weighted by molar-refractivity contribution is -0.160. The van der Waals surface area contributed by atoms with E-state index in [1.54, 1.807) is 32.6 Å². The van der Waals surface area contributed by atoms with Crippen LogP contribution in [0.2, 0.25) is 0 Å². The normalized spacial score (nSPS) is 20.8. The molecule has 0 atom stereocenters. The van der Waals surface area contributed by atoms with Gasteiger partial charge in [0.2, 0.25) is 11.8 Å². The predicted molar refractivity (Wildman–Crippen MR) is 81.0 cm³/mol. The van der Waals surface area contributed by atoms with Gasteiger partial charge >= 0.3 is 0 Å². The number of carbonyl (C=O) groups excluding carboxylic acids is 2. The third-order valence-corrected chi connectivity index (χ3v) is 4.16. The molecule has 1 N–H and O–H groups in total. The third kappa shape index (κ3) is 2.59. The van der Waals surface area contributed by atoms with Crippen molar-refractivity contribution in [3.8, 4) is 0 Å². The molecule has 1 heterocycles. The Morgan fingerprint density at radius 1 is 1.20 bits per heavy atom. The molecule has 20 heavy (non-hydrogen) atoms. The van der Waals surface area contributed by atoms with Gasteiger partial charge in [0.25, 0.3) is 0 Å². The van der Waals surface area contributed by atoms with Crippen LogP contribution in [-0.4, -0.2) is 27.8 Å². The van der Waals surface area contributed by atoms with Gasteiger partial charge in [-0.3, -0.25) is 9.59 Å². The van der Waals surface area contributed by atoms with Gasteiger partial charge in [0.15, 0.2) is 0 Å². The first kappa shape index (κ1) is 15.0. The quantitative estimate of drug-likeness (QED) is 0.900. The van der Waals surface area contributed by atoms with Crippen LogP contribution in [0.4, 0.5) is 0 Å². The van der Waals surface area contributed by atoms with Gasteiger partial charge in [-0.25, -0.2) is 0 Å². The number of hydrogen-bond acceptors (Lipinski definition) is 2. The smallest absolute Gasteiger partial charge is 0.248 e. The molecule has 0 spiro atoms. The third-order valence-electron chi connectivity index (χ3n) is 3.67. The Morgan fingerprint density at radius 2 is 1.85 bits per heavy atom. The van der Waals surface area contributed by atoms with Gasteiger partial charge in [0.05, 0.1) is 0 Å². The Bertz CT molecular complexity index is 567. The molecule has 5 heteroatoms. The fraction of sp³-hybridized carbons (Fsp3) is 0.467. The zero-order valence-electron chi connectivity index (χ0n) is 12.2. The minimum absolute atomic E-state index is 0.0675. The minimum Gasteiger partial charge on any atom is -0.340 e. The van der Waals surface area contributed by atoms with Gasteiger partial charge in [-0.2, -0.15) is 0 Å². The molecule has 108 valence electrons. The predicted octanol–water partition coefficient (Wildman–Crippen LogP) is 2.46. The number of benzene rings is 1. The fourth-order valence-corrected chi connectivity index (χ4v) is 2.74. The van der Waals surface area contributed by atoms with Crippen LogP contribution in [0, 0.1) is 0 Å². The van der Waals surface area contributed by atoms with E-state index in [1.807, 2.05) is 24.3 Å². The number of rotatable bonds is 2. The van der Waals surface area contributed by atoms with Gasteiger partial charge in [-0.15, -0.1) is 0 Å². The molecule has 0 saturated carbocycles. The number of halogens is 1. The lowest BCUT2D eigenvalue weighted by Gasteiger charge is -2.47. The van der Waals surface area contributed by atoms with E-state index < -0.39 is 11.1 Å². The maximum atomic E-state index is 12.6. The zero-order chi connectivity index (χ0) is 15.1. The summed E-state index contributed by atoms with van der Waals surface area (Å²) >= 11 is 3.42. The van der Waals surface area contributed by atoms with Gasteiger partial charge in [0.1, 0.15) is 11.1 Å². The average Bonchev–Trinajstić information content (AvgIpc) is 2.33. The van der Waals surface area contributed by atoms with E-state index in [0.29, 0.717) is 6.54 Å². The summed E-state index contributed by atoms with van der Waals surface area (Å²) in [6.07, 6.45) is 0. The second-order valence-corrected chi connectivity index (χ2v) is 7.08. The molecular weight excluding hydrogens is 320 g/mol. The van der Waals surface area contributed by atoms with E-state index in [-0.39, 0.29) is 11.8 Å². The molecule has 0 unspecified atom stereocenters. The molecule has 0 radical (unpaired) electrons. The van der Waals surface area contributed by atoms with Crippen molar-refractivity contribution >= 4 is 27.7 Å². The van der Waals surface area contributed by atoms with Gasteiger partial charge in [-0.1, -0.05) is 28.1 Å². The van der Waals surface area contributed by atoms with Crippen LogP contribution >= 0.6 is 15.9 Å². The van der Waals surface area contributed by atoms with E-state index >= 15 is 0 Å². The highest BCUT2D eigenvalue weighted by Crippen LogP contribution is 2.28. The van der Waals surface area contributed by atoms with Gasteiger partial charge in [-0.05, 0) is 45.4 Å². The Hall–Kier alpha value is -1.36. The molecule has 1 aromatic rings. The summed E-state index contributed by atoms with van der Waals surface area (Å²) in [7, 11) is 0. The maximum absolute atomic E-state index is 12.6. The first-order valence-corrected chi connectivity index (χ1v) is 7.33. The van der Waals surface area contributed by atoms with E-state index in [9.17, 15) is 9.59 Å². The van der Waals surface area contributed by atoms with Crippen LogP contribution in [0.5, 0.6) is 0 Å². The standard InChI is InChI=1S/C15H19BrN2O2/c1-14(2)13(20)18(15(3,4)12(19)17-14)9-10-6-5-7-11(16)8-10/h5-8H,9H2,1-4H3,(H,17,19). The van der Waals surface area contributed by atoms with Crippen molar-refractivity contribution in [3.05, 3.63) is 34.3 Å². The first-order chi connectivity index (χ1) is 9.14. The fourth-order valence-electron chi connectivity index (χ4n) is 2.29. The van der Waals surface area contributed by atoms with Gasteiger partial charge < -0.3 is 10.2 Å². The Kier molecular flexibility index (Phi) is 3.67. The molecule has 1 saturated heterocycles. The molecule has 0 aromatic heterocycles. The number of hydrogen-bond donors (Lipinski definition) is 1. The zero-order valence-corrected chi connectivity index (χ0v) is 13.7. The average molecular weight is 339 g/mol. The molecule has 2 amide bonds. The van der Waals surface area contributed by atoms with Crippen LogP contribution in [-0.2, 0) is 16.1 Å². The molecule has 4 nitrogen and oxygen atoms in total. The molecule has 1 fully saturated rings. The summed E-state index contributed by atoms with van der Waals surface area (Å²) in [5.41, 5.74) is -0.723. The molecule has 1 aromatic carbocycles. The lowest BCUT2D eigenvalue weighted by Crippen LogP contribution is -2.71. The lowest BCUT2D eigenvalue weighted by atomic mass is 9.89. The highest BCUT2D eigenvalue weighted by atomic mass is 79.9. The van der Waals surface area contributed by atoms with Crippen LogP contribution in [0.3, 0.4) is 0 Å². The molecular formula is C15H19BrN2O2. The SMILES string of the molecule is CC1(C)NC(=O)C(C)(C)N(Cc2cccc(Br)c2)C1=O. The van der Waals surface area contributed by atoms with E-state index in [1.165, 1.54) is 0 Å². The molecule has 0 aliphatic carbocycles. The van der Waals surface area contributed by atoms with Crippen LogP contribution in [0.1, 0.15) is 33.3 Å². The summed E-state index contributed by atoms with van der Waals surface area (Å²) in [6.45, 7) is 7.43. The molecule has 2 rings (SSSR count). The van der Waals surface area contributed by atoms with Crippen molar-refractivity contribution in [3.63, 3.8) is 0 Å². The summed E-state index contributed by atoms with van der Waals surface area (Å²) in [6, 6.07) is 7.77. The van der Waals surface area contributed by atoms with E-state index in [2.05, 4.69) is 21.2 Å². The van der Waals surface area contributed by atoms with Crippen molar-refractivity contribution in [1.82, 2.24) is 10.2 Å². The van der Waals surface area contributed by atoms with Crippen molar-refractivity contribution in [1.29, 1.82) is 0 Å². The monoisotopic (exact) mass is 338 g/mol. The molecule has 0 bridgehead atoms. The highest BCUT2D eigenvalue weighted by Gasteiger charge is 2.49. The van der Waals surface area contributed by atoms with Crippen LogP contribution in [0.15, 0.2) is 28.7 Å². The number of amides is 2. The number of nitrogens with one attached hydrogen (secondary N) is 1. The Morgan fingerprint density at radius 3 is 2.45 bits per heavy atom. The maximum Gasteiger partial charge on any atom is 0.248 e. The Labute approximate surface area is 127 Å². The van der Waals surface area contributed by atoms with E-state index in [4.69, 9.17) is 0 Å². The van der Waals surface area contributed by atoms with Crippen molar-refractivity contribution in [2.24, 2.45) is 0 Å². The second kappa shape index (κ2) is 4.88. The van der Waals surface area contributed by atoms with E-state index in [0.717, 1.165) is 10.0 Å². The number of carbonyl (C=O) groups is 2. The minimum atomic E-state index is -0.862. The Balaban J connectivity index is 2.36. The van der Waals surface area contributed by atoms with Crippen LogP contribution in [0.25, 0.3) is 0 Å². The molecule has 1 aliphatic rings. The van der Waals surface area contributed by atoms with Crippen LogP contribution < -0.4 is 5.32 Å². The number of piperazine rings is 1. The number of nitrogens with zero attached hydrogens (tertiary/aromatic N) is 1.